The third-order valence-corrected chi connectivity index (χ3v) is 9.09. The van der Waals surface area contributed by atoms with Gasteiger partial charge in [0, 0.05) is 30.4 Å². The summed E-state index contributed by atoms with van der Waals surface area (Å²) in [6.07, 6.45) is 0.260. The lowest BCUT2D eigenvalue weighted by Gasteiger charge is -2.41. The maximum absolute atomic E-state index is 14.0. The molecule has 1 aliphatic heterocycles. The van der Waals surface area contributed by atoms with E-state index in [4.69, 9.17) is 4.74 Å². The number of benzene rings is 3. The van der Waals surface area contributed by atoms with Gasteiger partial charge in [-0.25, -0.2) is 4.98 Å². The number of ether oxygens (including phenoxy) is 1. The number of amides is 3. The first-order chi connectivity index (χ1) is 24.4. The van der Waals surface area contributed by atoms with E-state index in [-0.39, 0.29) is 30.2 Å². The second-order valence-electron chi connectivity index (χ2n) is 14.8. The standard InChI is InChI=1S/C41H51N5O5/c1-27(2)37(44-38(48)33-21-20-29-16-12-13-19-32(29)42-33)40(50)43-34(24-28-14-8-6-9-15-28)36(47)26-46-23-22-31(51-30-17-10-7-11-18-30)25-35(46)39(49)45-41(3,4)5/h6-21,27,31,34-37,47H,22-26H2,1-5H3,(H,43,50)(H,44,48)(H,45,49)/t31-,34+,35?,36-,37+/m1/s1. The van der Waals surface area contributed by atoms with Gasteiger partial charge in [-0.2, -0.15) is 0 Å². The van der Waals surface area contributed by atoms with Gasteiger partial charge in [0.15, 0.2) is 0 Å². The van der Waals surface area contributed by atoms with Crippen molar-refractivity contribution in [3.8, 4) is 5.75 Å². The number of nitrogens with zero attached hydrogens (tertiary/aromatic N) is 2. The van der Waals surface area contributed by atoms with E-state index in [1.165, 1.54) is 0 Å². The third-order valence-electron chi connectivity index (χ3n) is 9.09. The summed E-state index contributed by atoms with van der Waals surface area (Å²) in [5, 5.41) is 21.8. The molecule has 1 aliphatic rings. The molecule has 5 atom stereocenters. The molecule has 4 aromatic rings. The van der Waals surface area contributed by atoms with Crippen LogP contribution in [0.25, 0.3) is 10.9 Å². The molecule has 1 fully saturated rings. The molecule has 0 radical (unpaired) electrons. The Morgan fingerprint density at radius 2 is 1.57 bits per heavy atom. The molecule has 0 aliphatic carbocycles. The Morgan fingerprint density at radius 3 is 2.25 bits per heavy atom. The largest absolute Gasteiger partial charge is 0.490 e. The number of hydrogen-bond acceptors (Lipinski definition) is 7. The lowest BCUT2D eigenvalue weighted by atomic mass is 9.94. The number of fused-ring (bicyclic) bond motifs is 1. The summed E-state index contributed by atoms with van der Waals surface area (Å²) in [5.74, 6) is -0.499. The number of carbonyl (C=O) groups excluding carboxylic acids is 3. The van der Waals surface area contributed by atoms with Crippen molar-refractivity contribution in [2.75, 3.05) is 13.1 Å². The lowest BCUT2D eigenvalue weighted by Crippen LogP contribution is -2.60. The zero-order valence-electron chi connectivity index (χ0n) is 30.2. The number of para-hydroxylation sites is 2. The van der Waals surface area contributed by atoms with Crippen molar-refractivity contribution in [1.82, 2.24) is 25.8 Å². The first-order valence-electron chi connectivity index (χ1n) is 17.8. The van der Waals surface area contributed by atoms with Crippen LogP contribution in [0.4, 0.5) is 0 Å². The topological polar surface area (TPSA) is 133 Å². The number of nitrogens with one attached hydrogen (secondary N) is 3. The van der Waals surface area contributed by atoms with E-state index >= 15 is 0 Å². The molecule has 5 rings (SSSR count). The van der Waals surface area contributed by atoms with Crippen LogP contribution in [0.1, 0.15) is 63.5 Å². The Labute approximate surface area is 301 Å². The molecule has 1 aromatic heterocycles. The van der Waals surface area contributed by atoms with Crippen LogP contribution in [0.3, 0.4) is 0 Å². The molecular formula is C41H51N5O5. The van der Waals surface area contributed by atoms with Gasteiger partial charge in [0.1, 0.15) is 23.6 Å². The molecule has 10 nitrogen and oxygen atoms in total. The number of carbonyl (C=O) groups is 3. The molecule has 3 amide bonds. The highest BCUT2D eigenvalue weighted by atomic mass is 16.5. The molecule has 0 bridgehead atoms. The smallest absolute Gasteiger partial charge is 0.270 e. The molecule has 270 valence electrons. The van der Waals surface area contributed by atoms with Crippen molar-refractivity contribution >= 4 is 28.6 Å². The quantitative estimate of drug-likeness (QED) is 0.157. The van der Waals surface area contributed by atoms with Crippen molar-refractivity contribution in [1.29, 1.82) is 0 Å². The number of aromatic nitrogens is 1. The Hall–Kier alpha value is -4.80. The Morgan fingerprint density at radius 1 is 0.902 bits per heavy atom. The van der Waals surface area contributed by atoms with E-state index in [1.807, 2.05) is 131 Å². The van der Waals surface area contributed by atoms with Crippen molar-refractivity contribution < 1.29 is 24.2 Å². The second kappa shape index (κ2) is 16.9. The lowest BCUT2D eigenvalue weighted by molar-refractivity contribution is -0.132. The van der Waals surface area contributed by atoms with Gasteiger partial charge in [0.25, 0.3) is 5.91 Å². The predicted octanol–water partition coefficient (Wildman–Crippen LogP) is 4.90. The average molecular weight is 694 g/mol. The van der Waals surface area contributed by atoms with Gasteiger partial charge in [0.05, 0.1) is 23.7 Å². The fraction of sp³-hybridized carbons (Fsp3) is 0.415. The van der Waals surface area contributed by atoms with Crippen LogP contribution in [0.2, 0.25) is 0 Å². The van der Waals surface area contributed by atoms with Crippen LogP contribution in [0.15, 0.2) is 97.1 Å². The molecule has 1 saturated heterocycles. The average Bonchev–Trinajstić information content (AvgIpc) is 3.10. The first-order valence-corrected chi connectivity index (χ1v) is 17.8. The normalized spacial score (nSPS) is 18.4. The van der Waals surface area contributed by atoms with Gasteiger partial charge >= 0.3 is 0 Å². The van der Waals surface area contributed by atoms with Gasteiger partial charge in [-0.3, -0.25) is 19.3 Å². The molecule has 10 heteroatoms. The van der Waals surface area contributed by atoms with Gasteiger partial charge < -0.3 is 25.8 Å². The minimum atomic E-state index is -1.03. The number of rotatable bonds is 13. The molecule has 2 heterocycles. The van der Waals surface area contributed by atoms with Crippen LogP contribution in [-0.2, 0) is 16.0 Å². The van der Waals surface area contributed by atoms with Crippen molar-refractivity contribution in [2.24, 2.45) is 5.92 Å². The maximum Gasteiger partial charge on any atom is 0.270 e. The van der Waals surface area contributed by atoms with Gasteiger partial charge in [0.2, 0.25) is 11.8 Å². The van der Waals surface area contributed by atoms with E-state index < -0.39 is 41.6 Å². The summed E-state index contributed by atoms with van der Waals surface area (Å²) in [5.41, 5.74) is 1.39. The molecule has 3 aromatic carbocycles. The van der Waals surface area contributed by atoms with Crippen LogP contribution in [0.5, 0.6) is 5.75 Å². The zero-order chi connectivity index (χ0) is 36.5. The van der Waals surface area contributed by atoms with Gasteiger partial charge in [-0.15, -0.1) is 0 Å². The van der Waals surface area contributed by atoms with E-state index in [9.17, 15) is 19.5 Å². The highest BCUT2D eigenvalue weighted by Gasteiger charge is 2.38. The van der Waals surface area contributed by atoms with Crippen molar-refractivity contribution in [3.63, 3.8) is 0 Å². The van der Waals surface area contributed by atoms with Crippen molar-refractivity contribution in [2.45, 2.75) is 89.8 Å². The third kappa shape index (κ3) is 10.6. The summed E-state index contributed by atoms with van der Waals surface area (Å²) in [7, 11) is 0. The predicted molar refractivity (Wildman–Crippen MR) is 199 cm³/mol. The second-order valence-corrected chi connectivity index (χ2v) is 14.8. The van der Waals surface area contributed by atoms with Crippen LogP contribution >= 0.6 is 0 Å². The van der Waals surface area contributed by atoms with E-state index in [2.05, 4.69) is 20.9 Å². The summed E-state index contributed by atoms with van der Waals surface area (Å²) < 4.78 is 6.27. The van der Waals surface area contributed by atoms with E-state index in [1.54, 1.807) is 6.07 Å². The van der Waals surface area contributed by atoms with Crippen LogP contribution in [0, 0.1) is 5.92 Å². The highest BCUT2D eigenvalue weighted by molar-refractivity contribution is 5.98. The summed E-state index contributed by atoms with van der Waals surface area (Å²) in [6, 6.07) is 28.1. The Kier molecular flexibility index (Phi) is 12.4. The Balaban J connectivity index is 1.33. The zero-order valence-corrected chi connectivity index (χ0v) is 30.2. The highest BCUT2D eigenvalue weighted by Crippen LogP contribution is 2.25. The summed E-state index contributed by atoms with van der Waals surface area (Å²) >= 11 is 0. The van der Waals surface area contributed by atoms with Crippen LogP contribution < -0.4 is 20.7 Å². The molecule has 0 spiro atoms. The number of pyridine rings is 1. The van der Waals surface area contributed by atoms with E-state index in [0.717, 1.165) is 16.7 Å². The number of piperidine rings is 1. The molecule has 4 N–H and O–H groups in total. The van der Waals surface area contributed by atoms with Gasteiger partial charge in [-0.1, -0.05) is 86.6 Å². The number of aliphatic hydroxyl groups excluding tert-OH is 1. The molecular weight excluding hydrogens is 642 g/mol. The first kappa shape index (κ1) is 37.5. The summed E-state index contributed by atoms with van der Waals surface area (Å²) in [4.78, 5) is 47.5. The number of hydrogen-bond donors (Lipinski definition) is 4. The molecule has 1 unspecified atom stereocenters. The monoisotopic (exact) mass is 693 g/mol. The molecule has 51 heavy (non-hydrogen) atoms. The fourth-order valence-corrected chi connectivity index (χ4v) is 6.46. The number of aliphatic hydroxyl groups is 1. The maximum atomic E-state index is 14.0. The minimum Gasteiger partial charge on any atom is -0.490 e. The SMILES string of the molecule is CC(C)[C@H](NC(=O)c1ccc2ccccc2n1)C(=O)N[C@@H](Cc1ccccc1)[C@H](O)CN1CC[C@@H](Oc2ccccc2)CC1C(=O)NC(C)(C)C. The van der Waals surface area contributed by atoms with E-state index in [0.29, 0.717) is 31.3 Å². The number of β-amino-alcohol motifs (C(OH)–C–C–N with tert-alkyl or cyclic N) is 1. The van der Waals surface area contributed by atoms with Crippen molar-refractivity contribution in [3.05, 3.63) is 108 Å². The molecule has 0 saturated carbocycles. The van der Waals surface area contributed by atoms with Gasteiger partial charge in [-0.05, 0) is 69.4 Å². The fourth-order valence-electron chi connectivity index (χ4n) is 6.46. The Bertz CT molecular complexity index is 1760. The minimum absolute atomic E-state index is 0.135. The van der Waals surface area contributed by atoms with Crippen LogP contribution in [-0.4, -0.2) is 81.7 Å². The number of likely N-dealkylation sites (tertiary alicyclic amines) is 1. The summed E-state index contributed by atoms with van der Waals surface area (Å²) in [6.45, 7) is 10.2.